The van der Waals surface area contributed by atoms with E-state index in [1.165, 1.54) is 0 Å². The highest BCUT2D eigenvalue weighted by molar-refractivity contribution is 7.98. The Morgan fingerprint density at radius 2 is 1.62 bits per heavy atom. The van der Waals surface area contributed by atoms with Crippen LogP contribution in [0.25, 0.3) is 0 Å². The van der Waals surface area contributed by atoms with Gasteiger partial charge in [0.25, 0.3) is 5.91 Å². The van der Waals surface area contributed by atoms with E-state index in [2.05, 4.69) is 10.5 Å². The van der Waals surface area contributed by atoms with Crippen LogP contribution in [0.1, 0.15) is 11.1 Å². The van der Waals surface area contributed by atoms with E-state index in [0.717, 1.165) is 16.0 Å². The number of hydrogen-bond donors (Lipinski definition) is 1. The highest BCUT2D eigenvalue weighted by atomic mass is 35.5. The van der Waals surface area contributed by atoms with Crippen LogP contribution in [0, 0.1) is 0 Å². The van der Waals surface area contributed by atoms with Gasteiger partial charge in [-0.25, -0.2) is 5.43 Å². The van der Waals surface area contributed by atoms with Crippen molar-refractivity contribution in [3.8, 4) is 5.75 Å². The number of nitrogens with zero attached hydrogens (tertiary/aromatic N) is 1. The van der Waals surface area contributed by atoms with E-state index in [4.69, 9.17) is 27.9 Å². The Labute approximate surface area is 183 Å². The largest absolute Gasteiger partial charge is 0.483 e. The number of hydrazone groups is 1. The maximum absolute atomic E-state index is 12.0. The van der Waals surface area contributed by atoms with Gasteiger partial charge in [-0.3, -0.25) is 4.79 Å². The lowest BCUT2D eigenvalue weighted by Gasteiger charge is -2.10. The van der Waals surface area contributed by atoms with E-state index >= 15 is 0 Å². The SMILES string of the molecule is O=C(COc1ccccc1CSc1ccc(Cl)cc1)N/N=C/c1ccc(Cl)cc1. The Kier molecular flexibility index (Phi) is 7.99. The molecule has 3 rings (SSSR count). The summed E-state index contributed by atoms with van der Waals surface area (Å²) in [6.45, 7) is -0.124. The molecule has 0 saturated heterocycles. The lowest BCUT2D eigenvalue weighted by atomic mass is 10.2. The molecule has 0 atom stereocenters. The highest BCUT2D eigenvalue weighted by Crippen LogP contribution is 2.28. The predicted molar refractivity (Wildman–Crippen MR) is 120 cm³/mol. The number of halogens is 2. The summed E-state index contributed by atoms with van der Waals surface area (Å²) in [6.07, 6.45) is 1.55. The molecule has 0 bridgehead atoms. The van der Waals surface area contributed by atoms with Gasteiger partial charge in [0.2, 0.25) is 0 Å². The molecule has 3 aromatic carbocycles. The number of thioether (sulfide) groups is 1. The molecule has 0 fully saturated rings. The third kappa shape index (κ3) is 7.13. The van der Waals surface area contributed by atoms with Gasteiger partial charge in [0.15, 0.2) is 6.61 Å². The molecular weight excluding hydrogens is 427 g/mol. The van der Waals surface area contributed by atoms with E-state index in [0.29, 0.717) is 21.5 Å². The third-order valence-corrected chi connectivity index (χ3v) is 5.38. The van der Waals surface area contributed by atoms with Crippen molar-refractivity contribution in [3.05, 3.63) is 94.0 Å². The number of carbonyl (C=O) groups is 1. The van der Waals surface area contributed by atoms with Gasteiger partial charge in [-0.15, -0.1) is 11.8 Å². The number of benzene rings is 3. The Morgan fingerprint density at radius 3 is 2.34 bits per heavy atom. The number of nitrogens with one attached hydrogen (secondary N) is 1. The second-order valence-corrected chi connectivity index (χ2v) is 7.91. The van der Waals surface area contributed by atoms with Crippen LogP contribution in [-0.4, -0.2) is 18.7 Å². The normalized spacial score (nSPS) is 10.8. The van der Waals surface area contributed by atoms with Crippen molar-refractivity contribution in [2.75, 3.05) is 6.61 Å². The molecule has 4 nitrogen and oxygen atoms in total. The first-order valence-corrected chi connectivity index (χ1v) is 10.5. The third-order valence-electron chi connectivity index (χ3n) is 3.81. The number of amides is 1. The Bertz CT molecular complexity index is 977. The molecule has 1 amide bonds. The molecule has 0 spiro atoms. The van der Waals surface area contributed by atoms with Gasteiger partial charge in [-0.2, -0.15) is 5.10 Å². The predicted octanol–water partition coefficient (Wildman–Crippen LogP) is 5.81. The first-order chi connectivity index (χ1) is 14.1. The molecule has 148 valence electrons. The Hall–Kier alpha value is -2.47. The van der Waals surface area contributed by atoms with Crippen LogP contribution in [0.15, 0.2) is 82.8 Å². The minimum absolute atomic E-state index is 0.124. The van der Waals surface area contributed by atoms with Gasteiger partial charge in [-0.1, -0.05) is 53.5 Å². The molecule has 0 unspecified atom stereocenters. The molecule has 0 saturated carbocycles. The summed E-state index contributed by atoms with van der Waals surface area (Å²) in [5.74, 6) is 1.05. The summed E-state index contributed by atoms with van der Waals surface area (Å²) in [5, 5.41) is 5.28. The zero-order valence-corrected chi connectivity index (χ0v) is 17.7. The molecule has 0 aromatic heterocycles. The lowest BCUT2D eigenvalue weighted by molar-refractivity contribution is -0.123. The van der Waals surface area contributed by atoms with Gasteiger partial charge in [-0.05, 0) is 48.0 Å². The Balaban J connectivity index is 1.50. The number of hydrogen-bond acceptors (Lipinski definition) is 4. The number of para-hydroxylation sites is 1. The summed E-state index contributed by atoms with van der Waals surface area (Å²) in [4.78, 5) is 13.1. The van der Waals surface area contributed by atoms with Gasteiger partial charge in [0.1, 0.15) is 5.75 Å². The summed E-state index contributed by atoms with van der Waals surface area (Å²) in [5.41, 5.74) is 4.29. The fourth-order valence-corrected chi connectivity index (χ4v) is 3.50. The van der Waals surface area contributed by atoms with Gasteiger partial charge < -0.3 is 4.74 Å². The zero-order chi connectivity index (χ0) is 20.5. The van der Waals surface area contributed by atoms with Crippen molar-refractivity contribution in [2.24, 2.45) is 5.10 Å². The lowest BCUT2D eigenvalue weighted by Crippen LogP contribution is -2.24. The molecular formula is C22H18Cl2N2O2S. The summed E-state index contributed by atoms with van der Waals surface area (Å²) in [7, 11) is 0. The van der Waals surface area contributed by atoms with Gasteiger partial charge in [0, 0.05) is 26.3 Å². The van der Waals surface area contributed by atoms with E-state index in [1.54, 1.807) is 30.1 Å². The van der Waals surface area contributed by atoms with Crippen molar-refractivity contribution in [1.82, 2.24) is 5.43 Å². The molecule has 0 aliphatic heterocycles. The maximum Gasteiger partial charge on any atom is 0.277 e. The van der Waals surface area contributed by atoms with E-state index in [1.807, 2.05) is 60.7 Å². The quantitative estimate of drug-likeness (QED) is 0.270. The number of carbonyl (C=O) groups excluding carboxylic acids is 1. The summed E-state index contributed by atoms with van der Waals surface area (Å²) >= 11 is 13.4. The number of ether oxygens (including phenoxy) is 1. The van der Waals surface area contributed by atoms with Crippen LogP contribution >= 0.6 is 35.0 Å². The van der Waals surface area contributed by atoms with Crippen LogP contribution in [0.3, 0.4) is 0 Å². The van der Waals surface area contributed by atoms with Crippen LogP contribution in [-0.2, 0) is 10.5 Å². The molecule has 29 heavy (non-hydrogen) atoms. The fraction of sp³-hybridized carbons (Fsp3) is 0.0909. The second kappa shape index (κ2) is 10.9. The van der Waals surface area contributed by atoms with Crippen molar-refractivity contribution >= 4 is 47.1 Å². The molecule has 7 heteroatoms. The van der Waals surface area contributed by atoms with Crippen LogP contribution < -0.4 is 10.2 Å². The van der Waals surface area contributed by atoms with Crippen LogP contribution in [0.2, 0.25) is 10.0 Å². The van der Waals surface area contributed by atoms with Crippen molar-refractivity contribution in [3.63, 3.8) is 0 Å². The van der Waals surface area contributed by atoms with Gasteiger partial charge in [0.05, 0.1) is 6.21 Å². The molecule has 1 N–H and O–H groups in total. The van der Waals surface area contributed by atoms with E-state index in [9.17, 15) is 4.79 Å². The minimum atomic E-state index is -0.338. The fourth-order valence-electron chi connectivity index (χ4n) is 2.36. The average Bonchev–Trinajstić information content (AvgIpc) is 2.74. The van der Waals surface area contributed by atoms with Crippen molar-refractivity contribution < 1.29 is 9.53 Å². The monoisotopic (exact) mass is 444 g/mol. The van der Waals surface area contributed by atoms with Crippen LogP contribution in [0.4, 0.5) is 0 Å². The first-order valence-electron chi connectivity index (χ1n) is 8.77. The number of rotatable bonds is 8. The second-order valence-electron chi connectivity index (χ2n) is 5.98. The zero-order valence-electron chi connectivity index (χ0n) is 15.3. The summed E-state index contributed by atoms with van der Waals surface area (Å²) in [6, 6.07) is 22.5. The van der Waals surface area contributed by atoms with Crippen LogP contribution in [0.5, 0.6) is 5.75 Å². The van der Waals surface area contributed by atoms with Crippen molar-refractivity contribution in [2.45, 2.75) is 10.6 Å². The standard InChI is InChI=1S/C22H18Cl2N2O2S/c23-18-7-5-16(6-8-18)13-25-26-22(27)14-28-21-4-2-1-3-17(21)15-29-20-11-9-19(24)10-12-20/h1-13H,14-15H2,(H,26,27)/b25-13+. The average molecular weight is 445 g/mol. The Morgan fingerprint density at radius 1 is 0.966 bits per heavy atom. The van der Waals surface area contributed by atoms with E-state index < -0.39 is 0 Å². The smallest absolute Gasteiger partial charge is 0.277 e. The molecule has 0 aliphatic carbocycles. The van der Waals surface area contributed by atoms with Gasteiger partial charge >= 0.3 is 0 Å². The topological polar surface area (TPSA) is 50.7 Å². The highest BCUT2D eigenvalue weighted by Gasteiger charge is 2.07. The molecule has 0 radical (unpaired) electrons. The molecule has 3 aromatic rings. The first kappa shape index (κ1) is 21.2. The van der Waals surface area contributed by atoms with Crippen molar-refractivity contribution in [1.29, 1.82) is 0 Å². The molecule has 0 heterocycles. The van der Waals surface area contributed by atoms with E-state index in [-0.39, 0.29) is 12.5 Å². The molecule has 0 aliphatic rings. The maximum atomic E-state index is 12.0. The summed E-state index contributed by atoms with van der Waals surface area (Å²) < 4.78 is 5.69. The minimum Gasteiger partial charge on any atom is -0.483 e.